The fourth-order valence-electron chi connectivity index (χ4n) is 2.76. The summed E-state index contributed by atoms with van der Waals surface area (Å²) in [6, 6.07) is 11.8. The van der Waals surface area contributed by atoms with Gasteiger partial charge < -0.3 is 15.2 Å². The molecular formula is C21H30N2O4S. The number of nitrogens with two attached hydrogens (primary N) is 1. The predicted octanol–water partition coefficient (Wildman–Crippen LogP) is 3.76. The highest BCUT2D eigenvalue weighted by atomic mass is 32.2. The van der Waals surface area contributed by atoms with Crippen molar-refractivity contribution >= 4 is 15.7 Å². The Bertz CT molecular complexity index is 836. The first-order chi connectivity index (χ1) is 13.5. The molecule has 0 heterocycles. The summed E-state index contributed by atoms with van der Waals surface area (Å²) in [7, 11) is -1.95. The molecule has 28 heavy (non-hydrogen) atoms. The molecule has 0 atom stereocenters. The van der Waals surface area contributed by atoms with E-state index in [1.165, 1.54) is 25.0 Å². The van der Waals surface area contributed by atoms with E-state index in [1.54, 1.807) is 19.2 Å². The Hall–Kier alpha value is -2.25. The molecule has 0 saturated heterocycles. The smallest absolute Gasteiger partial charge is 0.240 e. The molecular weight excluding hydrogens is 376 g/mol. The standard InChI is InChI=1S/C21H30N2O4S/c1-3-4-5-6-15-27-20-12-7-17(16-21(20)26-2)13-14-23-28(24,25)19-10-8-18(22)9-11-19/h7-12,16,23H,3-6,13-15,22H2,1-2H3. The van der Waals surface area contributed by atoms with Gasteiger partial charge in [-0.25, -0.2) is 13.1 Å². The van der Waals surface area contributed by atoms with Crippen LogP contribution in [0.1, 0.15) is 38.2 Å². The normalized spacial score (nSPS) is 11.4. The van der Waals surface area contributed by atoms with Gasteiger partial charge in [0.05, 0.1) is 18.6 Å². The summed E-state index contributed by atoms with van der Waals surface area (Å²) in [6.07, 6.45) is 5.13. The van der Waals surface area contributed by atoms with Crippen molar-refractivity contribution in [2.75, 3.05) is 26.0 Å². The molecule has 0 aliphatic heterocycles. The van der Waals surface area contributed by atoms with Crippen molar-refractivity contribution < 1.29 is 17.9 Å². The van der Waals surface area contributed by atoms with Gasteiger partial charge in [-0.2, -0.15) is 0 Å². The molecule has 0 fully saturated rings. The van der Waals surface area contributed by atoms with Crippen molar-refractivity contribution in [3.63, 3.8) is 0 Å². The minimum absolute atomic E-state index is 0.200. The molecule has 2 aromatic carbocycles. The predicted molar refractivity (Wildman–Crippen MR) is 112 cm³/mol. The molecule has 6 nitrogen and oxygen atoms in total. The number of nitrogen functional groups attached to an aromatic ring is 1. The number of anilines is 1. The summed E-state index contributed by atoms with van der Waals surface area (Å²) in [5, 5.41) is 0. The number of unbranched alkanes of at least 4 members (excludes halogenated alkanes) is 3. The lowest BCUT2D eigenvalue weighted by Crippen LogP contribution is -2.26. The lowest BCUT2D eigenvalue weighted by Gasteiger charge is -2.12. The van der Waals surface area contributed by atoms with E-state index in [0.29, 0.717) is 30.2 Å². The summed E-state index contributed by atoms with van der Waals surface area (Å²) in [6.45, 7) is 3.13. The Morgan fingerprint density at radius 3 is 2.43 bits per heavy atom. The lowest BCUT2D eigenvalue weighted by molar-refractivity contribution is 0.285. The first-order valence-electron chi connectivity index (χ1n) is 9.61. The maximum Gasteiger partial charge on any atom is 0.240 e. The van der Waals surface area contributed by atoms with E-state index in [1.807, 2.05) is 18.2 Å². The average Bonchev–Trinajstić information content (AvgIpc) is 2.68. The third-order valence-corrected chi connectivity index (χ3v) is 5.86. The molecule has 0 aliphatic rings. The van der Waals surface area contributed by atoms with Crippen molar-refractivity contribution in [2.24, 2.45) is 0 Å². The van der Waals surface area contributed by atoms with Gasteiger partial charge in [0.2, 0.25) is 10.0 Å². The third kappa shape index (κ3) is 6.73. The highest BCUT2D eigenvalue weighted by molar-refractivity contribution is 7.89. The van der Waals surface area contributed by atoms with E-state index >= 15 is 0 Å². The Labute approximate surface area is 168 Å². The zero-order valence-electron chi connectivity index (χ0n) is 16.6. The number of rotatable bonds is 12. The summed E-state index contributed by atoms with van der Waals surface area (Å²) in [5.41, 5.74) is 7.09. The second-order valence-electron chi connectivity index (χ2n) is 6.61. The number of ether oxygens (including phenoxy) is 2. The molecule has 0 saturated carbocycles. The van der Waals surface area contributed by atoms with Gasteiger partial charge in [0.1, 0.15) is 0 Å². The summed E-state index contributed by atoms with van der Waals surface area (Å²) < 4.78 is 38.4. The van der Waals surface area contributed by atoms with Crippen molar-refractivity contribution in [3.8, 4) is 11.5 Å². The zero-order valence-corrected chi connectivity index (χ0v) is 17.4. The Kier molecular flexibility index (Phi) is 8.60. The molecule has 0 spiro atoms. The maximum atomic E-state index is 12.3. The number of nitrogens with one attached hydrogen (secondary N) is 1. The van der Waals surface area contributed by atoms with Gasteiger partial charge in [0, 0.05) is 12.2 Å². The minimum Gasteiger partial charge on any atom is -0.493 e. The SMILES string of the molecule is CCCCCCOc1ccc(CCNS(=O)(=O)c2ccc(N)cc2)cc1OC. The van der Waals surface area contributed by atoms with Crippen LogP contribution >= 0.6 is 0 Å². The molecule has 0 aromatic heterocycles. The molecule has 2 rings (SSSR count). The quantitative estimate of drug-likeness (QED) is 0.414. The van der Waals surface area contributed by atoms with Gasteiger partial charge in [-0.1, -0.05) is 32.3 Å². The van der Waals surface area contributed by atoms with Gasteiger partial charge >= 0.3 is 0 Å². The summed E-state index contributed by atoms with van der Waals surface area (Å²) >= 11 is 0. The van der Waals surface area contributed by atoms with E-state index in [-0.39, 0.29) is 11.4 Å². The molecule has 2 aromatic rings. The van der Waals surface area contributed by atoms with Crippen molar-refractivity contribution in [1.29, 1.82) is 0 Å². The van der Waals surface area contributed by atoms with Crippen LogP contribution in [0.5, 0.6) is 11.5 Å². The van der Waals surface area contributed by atoms with E-state index in [9.17, 15) is 8.42 Å². The van der Waals surface area contributed by atoms with Gasteiger partial charge in [0.15, 0.2) is 11.5 Å². The van der Waals surface area contributed by atoms with E-state index < -0.39 is 10.0 Å². The van der Waals surface area contributed by atoms with Gasteiger partial charge in [0.25, 0.3) is 0 Å². The maximum absolute atomic E-state index is 12.3. The Balaban J connectivity index is 1.89. The largest absolute Gasteiger partial charge is 0.493 e. The van der Waals surface area contributed by atoms with Crippen LogP contribution in [0.4, 0.5) is 5.69 Å². The first kappa shape index (κ1) is 22.0. The van der Waals surface area contributed by atoms with E-state index in [2.05, 4.69) is 11.6 Å². The Morgan fingerprint density at radius 2 is 1.75 bits per heavy atom. The number of methoxy groups -OCH3 is 1. The minimum atomic E-state index is -3.55. The molecule has 7 heteroatoms. The van der Waals surface area contributed by atoms with Gasteiger partial charge in [-0.05, 0) is 54.8 Å². The lowest BCUT2D eigenvalue weighted by atomic mass is 10.1. The molecule has 0 bridgehead atoms. The highest BCUT2D eigenvalue weighted by Crippen LogP contribution is 2.28. The number of hydrogen-bond acceptors (Lipinski definition) is 5. The third-order valence-electron chi connectivity index (χ3n) is 4.38. The van der Waals surface area contributed by atoms with E-state index in [4.69, 9.17) is 15.2 Å². The Morgan fingerprint density at radius 1 is 1.00 bits per heavy atom. The van der Waals surface area contributed by atoms with Crippen LogP contribution < -0.4 is 19.9 Å². The van der Waals surface area contributed by atoms with Crippen LogP contribution in [0.15, 0.2) is 47.4 Å². The van der Waals surface area contributed by atoms with Crippen LogP contribution in [0.2, 0.25) is 0 Å². The summed E-state index contributed by atoms with van der Waals surface area (Å²) in [5.74, 6) is 1.37. The van der Waals surface area contributed by atoms with Gasteiger partial charge in [-0.15, -0.1) is 0 Å². The molecule has 0 amide bonds. The van der Waals surface area contributed by atoms with Crippen molar-refractivity contribution in [2.45, 2.75) is 43.9 Å². The van der Waals surface area contributed by atoms with Crippen LogP contribution in [0.3, 0.4) is 0 Å². The summed E-state index contributed by atoms with van der Waals surface area (Å²) in [4.78, 5) is 0.200. The molecule has 154 valence electrons. The fourth-order valence-corrected chi connectivity index (χ4v) is 3.79. The monoisotopic (exact) mass is 406 g/mol. The number of hydrogen-bond donors (Lipinski definition) is 2. The second-order valence-corrected chi connectivity index (χ2v) is 8.38. The zero-order chi connectivity index (χ0) is 20.4. The molecule has 3 N–H and O–H groups in total. The number of sulfonamides is 1. The van der Waals surface area contributed by atoms with Crippen LogP contribution in [0, 0.1) is 0 Å². The topological polar surface area (TPSA) is 90.7 Å². The van der Waals surface area contributed by atoms with Crippen molar-refractivity contribution in [3.05, 3.63) is 48.0 Å². The van der Waals surface area contributed by atoms with Crippen LogP contribution in [-0.2, 0) is 16.4 Å². The second kappa shape index (κ2) is 10.9. The van der Waals surface area contributed by atoms with Crippen molar-refractivity contribution in [1.82, 2.24) is 4.72 Å². The first-order valence-corrected chi connectivity index (χ1v) is 11.1. The molecule has 0 unspecified atom stereocenters. The van der Waals surface area contributed by atoms with Crippen LogP contribution in [0.25, 0.3) is 0 Å². The number of benzene rings is 2. The fraction of sp³-hybridized carbons (Fsp3) is 0.429. The highest BCUT2D eigenvalue weighted by Gasteiger charge is 2.13. The van der Waals surface area contributed by atoms with E-state index in [0.717, 1.165) is 18.4 Å². The molecule has 0 radical (unpaired) electrons. The van der Waals surface area contributed by atoms with Gasteiger partial charge in [-0.3, -0.25) is 0 Å². The average molecular weight is 407 g/mol. The van der Waals surface area contributed by atoms with Crippen LogP contribution in [-0.4, -0.2) is 28.7 Å². The molecule has 0 aliphatic carbocycles.